The van der Waals surface area contributed by atoms with E-state index in [0.29, 0.717) is 16.5 Å². The molecule has 3 rings (SSSR count). The molecule has 2 heterocycles. The lowest BCUT2D eigenvalue weighted by atomic mass is 10.2. The molecule has 128 valence electrons. The van der Waals surface area contributed by atoms with Gasteiger partial charge in [-0.1, -0.05) is 11.6 Å². The molecule has 0 aliphatic carbocycles. The van der Waals surface area contributed by atoms with Crippen LogP contribution in [-0.4, -0.2) is 35.7 Å². The fraction of sp³-hybridized carbons (Fsp3) is 0.118. The molecule has 1 aromatic heterocycles. The number of amides is 2. The average Bonchev–Trinajstić information content (AvgIpc) is 3.16. The highest BCUT2D eigenvalue weighted by molar-refractivity contribution is 8.18. The summed E-state index contributed by atoms with van der Waals surface area (Å²) in [7, 11) is 1.19. The molecule has 25 heavy (non-hydrogen) atoms. The van der Waals surface area contributed by atoms with Crippen molar-refractivity contribution in [2.75, 3.05) is 13.7 Å². The summed E-state index contributed by atoms with van der Waals surface area (Å²) in [6.07, 6.45) is 1.47. The number of furan rings is 1. The Morgan fingerprint density at radius 3 is 2.64 bits per heavy atom. The largest absolute Gasteiger partial charge is 0.468 e. The van der Waals surface area contributed by atoms with Gasteiger partial charge in [0.15, 0.2) is 0 Å². The van der Waals surface area contributed by atoms with Crippen molar-refractivity contribution in [2.24, 2.45) is 0 Å². The van der Waals surface area contributed by atoms with Crippen LogP contribution in [0.25, 0.3) is 17.4 Å². The first-order chi connectivity index (χ1) is 12.0. The van der Waals surface area contributed by atoms with E-state index in [2.05, 4.69) is 4.74 Å². The number of hydrogen-bond acceptors (Lipinski definition) is 6. The molecular formula is C17H12ClNO5S. The first kappa shape index (κ1) is 17.3. The van der Waals surface area contributed by atoms with Crippen LogP contribution in [0.3, 0.4) is 0 Å². The first-order valence-electron chi connectivity index (χ1n) is 7.16. The topological polar surface area (TPSA) is 76.8 Å². The Labute approximate surface area is 152 Å². The quantitative estimate of drug-likeness (QED) is 0.595. The standard InChI is InChI=1S/C17H12ClNO5S/c1-23-15(20)9-19-16(21)14(25-17(19)22)8-12-6-7-13(24-12)10-2-4-11(18)5-3-10/h2-8H,9H2,1H3. The van der Waals surface area contributed by atoms with E-state index in [-0.39, 0.29) is 4.91 Å². The minimum atomic E-state index is -0.661. The molecule has 1 aromatic carbocycles. The molecule has 0 N–H and O–H groups in total. The molecule has 0 atom stereocenters. The number of hydrogen-bond donors (Lipinski definition) is 0. The number of ether oxygens (including phenoxy) is 1. The predicted octanol–water partition coefficient (Wildman–Crippen LogP) is 3.81. The third kappa shape index (κ3) is 3.78. The normalized spacial score (nSPS) is 15.9. The van der Waals surface area contributed by atoms with E-state index >= 15 is 0 Å². The number of benzene rings is 1. The summed E-state index contributed by atoms with van der Waals surface area (Å²) >= 11 is 6.61. The third-order valence-corrected chi connectivity index (χ3v) is 4.58. The summed E-state index contributed by atoms with van der Waals surface area (Å²) < 4.78 is 10.2. The number of imide groups is 1. The highest BCUT2D eigenvalue weighted by Crippen LogP contribution is 2.33. The Morgan fingerprint density at radius 2 is 1.96 bits per heavy atom. The fourth-order valence-corrected chi connectivity index (χ4v) is 3.10. The van der Waals surface area contributed by atoms with Crippen LogP contribution >= 0.6 is 23.4 Å². The average molecular weight is 378 g/mol. The van der Waals surface area contributed by atoms with Gasteiger partial charge in [-0.15, -0.1) is 0 Å². The molecule has 1 aliphatic heterocycles. The van der Waals surface area contributed by atoms with E-state index in [9.17, 15) is 14.4 Å². The zero-order valence-electron chi connectivity index (χ0n) is 13.0. The number of esters is 1. The zero-order valence-corrected chi connectivity index (χ0v) is 14.6. The van der Waals surface area contributed by atoms with Gasteiger partial charge in [0.2, 0.25) is 0 Å². The first-order valence-corrected chi connectivity index (χ1v) is 8.35. The summed E-state index contributed by atoms with van der Waals surface area (Å²) in [6.45, 7) is -0.410. The van der Waals surface area contributed by atoms with Crippen LogP contribution in [0.2, 0.25) is 5.02 Å². The molecule has 0 unspecified atom stereocenters. The van der Waals surface area contributed by atoms with Crippen molar-refractivity contribution in [2.45, 2.75) is 0 Å². The van der Waals surface area contributed by atoms with Gasteiger partial charge < -0.3 is 9.15 Å². The number of carbonyl (C=O) groups excluding carboxylic acids is 3. The van der Waals surface area contributed by atoms with Crippen molar-refractivity contribution >= 4 is 46.6 Å². The maximum atomic E-state index is 12.2. The van der Waals surface area contributed by atoms with Crippen molar-refractivity contribution in [3.05, 3.63) is 52.1 Å². The molecule has 0 saturated carbocycles. The monoisotopic (exact) mass is 377 g/mol. The predicted molar refractivity (Wildman–Crippen MR) is 93.8 cm³/mol. The third-order valence-electron chi connectivity index (χ3n) is 3.42. The Balaban J connectivity index is 1.79. The smallest absolute Gasteiger partial charge is 0.325 e. The highest BCUT2D eigenvalue weighted by atomic mass is 35.5. The Kier molecular flexibility index (Phi) is 4.96. The van der Waals surface area contributed by atoms with Crippen molar-refractivity contribution in [1.82, 2.24) is 4.90 Å². The van der Waals surface area contributed by atoms with Gasteiger partial charge in [-0.25, -0.2) is 0 Å². The summed E-state index contributed by atoms with van der Waals surface area (Å²) in [4.78, 5) is 36.4. The van der Waals surface area contributed by atoms with Gasteiger partial charge in [0.1, 0.15) is 18.1 Å². The van der Waals surface area contributed by atoms with E-state index in [4.69, 9.17) is 16.0 Å². The summed E-state index contributed by atoms with van der Waals surface area (Å²) in [5.41, 5.74) is 0.836. The van der Waals surface area contributed by atoms with Gasteiger partial charge in [0, 0.05) is 16.7 Å². The number of nitrogens with zero attached hydrogens (tertiary/aromatic N) is 1. The maximum absolute atomic E-state index is 12.2. The van der Waals surface area contributed by atoms with Gasteiger partial charge in [0.05, 0.1) is 12.0 Å². The molecule has 0 radical (unpaired) electrons. The lowest BCUT2D eigenvalue weighted by molar-refractivity contribution is -0.143. The molecule has 8 heteroatoms. The van der Waals surface area contributed by atoms with Crippen LogP contribution in [0.5, 0.6) is 0 Å². The molecule has 1 saturated heterocycles. The molecule has 1 aliphatic rings. The Bertz CT molecular complexity index is 871. The summed E-state index contributed by atoms with van der Waals surface area (Å²) in [5.74, 6) is -0.179. The molecule has 0 spiro atoms. The van der Waals surface area contributed by atoms with Crippen LogP contribution in [0.15, 0.2) is 45.7 Å². The van der Waals surface area contributed by atoms with Crippen LogP contribution in [-0.2, 0) is 14.3 Å². The van der Waals surface area contributed by atoms with E-state index in [0.717, 1.165) is 22.2 Å². The van der Waals surface area contributed by atoms with Crippen molar-refractivity contribution < 1.29 is 23.5 Å². The Hall–Kier alpha value is -2.51. The van der Waals surface area contributed by atoms with Gasteiger partial charge in [0.25, 0.3) is 11.1 Å². The van der Waals surface area contributed by atoms with Gasteiger partial charge in [-0.2, -0.15) is 0 Å². The number of thioether (sulfide) groups is 1. The van der Waals surface area contributed by atoms with Crippen molar-refractivity contribution in [3.63, 3.8) is 0 Å². The minimum absolute atomic E-state index is 0.186. The van der Waals surface area contributed by atoms with E-state index < -0.39 is 23.7 Å². The molecule has 2 amide bonds. The highest BCUT2D eigenvalue weighted by Gasteiger charge is 2.36. The lowest BCUT2D eigenvalue weighted by Gasteiger charge is -2.09. The van der Waals surface area contributed by atoms with Gasteiger partial charge in [-0.3, -0.25) is 19.3 Å². The maximum Gasteiger partial charge on any atom is 0.325 e. The number of rotatable bonds is 4. The zero-order chi connectivity index (χ0) is 18.0. The second-order valence-corrected chi connectivity index (χ2v) is 6.48. The van der Waals surface area contributed by atoms with Crippen LogP contribution in [0, 0.1) is 0 Å². The van der Waals surface area contributed by atoms with Gasteiger partial charge >= 0.3 is 5.97 Å². The number of methoxy groups -OCH3 is 1. The van der Waals surface area contributed by atoms with E-state index in [1.807, 2.05) is 12.1 Å². The SMILES string of the molecule is COC(=O)CN1C(=O)SC(=Cc2ccc(-c3ccc(Cl)cc3)o2)C1=O. The van der Waals surface area contributed by atoms with E-state index in [1.54, 1.807) is 24.3 Å². The Morgan fingerprint density at radius 1 is 1.24 bits per heavy atom. The molecule has 6 nitrogen and oxygen atoms in total. The molecule has 1 fully saturated rings. The molecular weight excluding hydrogens is 366 g/mol. The summed E-state index contributed by atoms with van der Waals surface area (Å²) in [6, 6.07) is 10.6. The number of carbonyl (C=O) groups is 3. The number of halogens is 1. The van der Waals surface area contributed by atoms with E-state index in [1.165, 1.54) is 13.2 Å². The molecule has 2 aromatic rings. The van der Waals surface area contributed by atoms with Crippen LogP contribution < -0.4 is 0 Å². The van der Waals surface area contributed by atoms with Crippen molar-refractivity contribution in [3.8, 4) is 11.3 Å². The van der Waals surface area contributed by atoms with Gasteiger partial charge in [-0.05, 0) is 48.2 Å². The second kappa shape index (κ2) is 7.16. The lowest BCUT2D eigenvalue weighted by Crippen LogP contribution is -2.34. The molecule has 0 bridgehead atoms. The fourth-order valence-electron chi connectivity index (χ4n) is 2.16. The second-order valence-electron chi connectivity index (χ2n) is 5.05. The minimum Gasteiger partial charge on any atom is -0.468 e. The van der Waals surface area contributed by atoms with Crippen LogP contribution in [0.1, 0.15) is 5.76 Å². The summed E-state index contributed by atoms with van der Waals surface area (Å²) in [5, 5.41) is 0.0981. The van der Waals surface area contributed by atoms with Crippen LogP contribution in [0.4, 0.5) is 4.79 Å². The van der Waals surface area contributed by atoms with Crippen molar-refractivity contribution in [1.29, 1.82) is 0 Å².